The molecule has 35 heavy (non-hydrogen) atoms. The van der Waals surface area contributed by atoms with Crippen LogP contribution in [0.5, 0.6) is 0 Å². The molecule has 1 saturated carbocycles. The van der Waals surface area contributed by atoms with Gasteiger partial charge < -0.3 is 5.32 Å². The van der Waals surface area contributed by atoms with E-state index in [2.05, 4.69) is 5.32 Å². The van der Waals surface area contributed by atoms with Crippen LogP contribution in [-0.2, 0) is 0 Å². The maximum atomic E-state index is 12.1. The van der Waals surface area contributed by atoms with Gasteiger partial charge in [0, 0.05) is 38.5 Å². The fourth-order valence-corrected chi connectivity index (χ4v) is 7.74. The van der Waals surface area contributed by atoms with Gasteiger partial charge >= 0.3 is 0 Å². The Morgan fingerprint density at radius 3 is 2.57 bits per heavy atom. The molecule has 2 aliphatic rings. The summed E-state index contributed by atoms with van der Waals surface area (Å²) in [6.07, 6.45) is 0.718. The second-order valence-electron chi connectivity index (χ2n) is 8.90. The van der Waals surface area contributed by atoms with E-state index in [0.29, 0.717) is 20.5 Å². The van der Waals surface area contributed by atoms with Crippen LogP contribution in [0.4, 0.5) is 11.4 Å². The monoisotopic (exact) mass is 546 g/mol. The van der Waals surface area contributed by atoms with Crippen LogP contribution >= 0.6 is 46.6 Å². The number of thioether (sulfide) groups is 1. The van der Waals surface area contributed by atoms with Crippen LogP contribution in [0.15, 0.2) is 65.6 Å². The van der Waals surface area contributed by atoms with Crippen LogP contribution in [0, 0.1) is 16.0 Å². The molecule has 0 spiro atoms. The van der Waals surface area contributed by atoms with Crippen LogP contribution in [0.3, 0.4) is 0 Å². The minimum Gasteiger partial charge on any atom is -0.378 e. The third-order valence-corrected chi connectivity index (χ3v) is 9.53. The first-order valence-corrected chi connectivity index (χ1v) is 13.2. The molecule has 0 saturated heterocycles. The quantitative estimate of drug-likeness (QED) is 0.151. The Morgan fingerprint density at radius 2 is 1.86 bits per heavy atom. The number of hydrogen-bond donors (Lipinski definition) is 1. The number of fused-ring (bicyclic) bond motifs is 3. The summed E-state index contributed by atoms with van der Waals surface area (Å²) in [5.74, 6) is -0.0162. The number of nitrogens with one attached hydrogen (secondary N) is 1. The van der Waals surface area contributed by atoms with Crippen molar-refractivity contribution in [2.24, 2.45) is 5.92 Å². The summed E-state index contributed by atoms with van der Waals surface area (Å²) in [4.78, 5) is 23.9. The molecule has 1 fully saturated rings. The van der Waals surface area contributed by atoms with Crippen molar-refractivity contribution in [3.05, 3.63) is 97.5 Å². The van der Waals surface area contributed by atoms with Gasteiger partial charge in [-0.15, -0.1) is 23.4 Å². The van der Waals surface area contributed by atoms with Crippen molar-refractivity contribution in [1.29, 1.82) is 0 Å². The maximum absolute atomic E-state index is 12.1. The predicted octanol–water partition coefficient (Wildman–Crippen LogP) is 8.14. The summed E-state index contributed by atoms with van der Waals surface area (Å²) >= 11 is 21.4. The van der Waals surface area contributed by atoms with E-state index in [1.807, 2.05) is 30.3 Å². The number of anilines is 1. The maximum Gasteiger partial charge on any atom is 0.282 e. The lowest BCUT2D eigenvalue weighted by Crippen LogP contribution is -2.31. The van der Waals surface area contributed by atoms with E-state index in [0.717, 1.165) is 23.2 Å². The highest BCUT2D eigenvalue weighted by Gasteiger charge is 2.50. The number of benzene rings is 3. The minimum atomic E-state index is -0.361. The predicted molar refractivity (Wildman–Crippen MR) is 143 cm³/mol. The van der Waals surface area contributed by atoms with E-state index in [-0.39, 0.29) is 44.9 Å². The first-order chi connectivity index (χ1) is 16.7. The average molecular weight is 548 g/mol. The number of nitro benzene ring substituents is 1. The van der Waals surface area contributed by atoms with Gasteiger partial charge in [0.15, 0.2) is 5.78 Å². The van der Waals surface area contributed by atoms with Crippen molar-refractivity contribution in [2.75, 3.05) is 5.32 Å². The normalized spacial score (nSPS) is 24.9. The van der Waals surface area contributed by atoms with Gasteiger partial charge in [0.2, 0.25) is 0 Å². The number of ketones is 1. The van der Waals surface area contributed by atoms with E-state index >= 15 is 0 Å². The Labute approximate surface area is 222 Å². The SMILES string of the molecule is CC(=O)c1ccc2c(c1)[C@@H]1[C@H](Cl)[C@H](Sc3ccccc3[N+](=O)[O-])C[C@H]1[C@H](c1ccc(Cl)cc1Cl)N2. The molecule has 0 aromatic heterocycles. The second kappa shape index (κ2) is 9.66. The molecule has 9 heteroatoms. The number of carbonyl (C=O) groups is 1. The standard InChI is InChI=1S/C26H21Cl3N2O3S/c1-13(32)14-6-9-20-17(10-14)24-18(26(30-20)16-8-7-15(27)11-19(16)28)12-23(25(24)29)35-22-5-3-2-4-21(22)31(33)34/h2-11,18,23-26,30H,12H2,1H3/t18-,23-,24+,25-,26+/m1/s1. The number of para-hydroxylation sites is 1. The van der Waals surface area contributed by atoms with Gasteiger partial charge in [-0.2, -0.15) is 0 Å². The molecule has 5 atom stereocenters. The number of alkyl halides is 1. The van der Waals surface area contributed by atoms with Crippen molar-refractivity contribution >= 4 is 63.7 Å². The Kier molecular flexibility index (Phi) is 6.75. The molecule has 0 radical (unpaired) electrons. The molecule has 1 N–H and O–H groups in total. The van der Waals surface area contributed by atoms with E-state index in [1.165, 1.54) is 17.8 Å². The highest BCUT2D eigenvalue weighted by molar-refractivity contribution is 8.00. The summed E-state index contributed by atoms with van der Waals surface area (Å²) in [5.41, 5.74) is 3.54. The van der Waals surface area contributed by atoms with E-state index in [1.54, 1.807) is 31.2 Å². The van der Waals surface area contributed by atoms with Crippen molar-refractivity contribution in [1.82, 2.24) is 0 Å². The molecule has 5 rings (SSSR count). The molecule has 0 bridgehead atoms. The van der Waals surface area contributed by atoms with Crippen molar-refractivity contribution in [2.45, 2.75) is 40.8 Å². The Hall–Kier alpha value is -2.25. The van der Waals surface area contributed by atoms with Crippen molar-refractivity contribution in [3.8, 4) is 0 Å². The lowest BCUT2D eigenvalue weighted by molar-refractivity contribution is -0.387. The van der Waals surface area contributed by atoms with Gasteiger partial charge in [-0.05, 0) is 66.8 Å². The van der Waals surface area contributed by atoms with Crippen LogP contribution < -0.4 is 5.32 Å². The number of nitro groups is 1. The highest BCUT2D eigenvalue weighted by atomic mass is 35.5. The van der Waals surface area contributed by atoms with Gasteiger partial charge in [0.1, 0.15) is 0 Å². The fraction of sp³-hybridized carbons (Fsp3) is 0.269. The van der Waals surface area contributed by atoms with Crippen molar-refractivity contribution in [3.63, 3.8) is 0 Å². The van der Waals surface area contributed by atoms with Gasteiger partial charge in [0.05, 0.1) is 21.2 Å². The number of halogens is 3. The van der Waals surface area contributed by atoms with E-state index in [4.69, 9.17) is 34.8 Å². The molecule has 5 nitrogen and oxygen atoms in total. The smallest absolute Gasteiger partial charge is 0.282 e. The van der Waals surface area contributed by atoms with Gasteiger partial charge in [-0.3, -0.25) is 14.9 Å². The van der Waals surface area contributed by atoms with Crippen LogP contribution in [-0.4, -0.2) is 21.3 Å². The molecule has 1 aliphatic heterocycles. The third kappa shape index (κ3) is 4.53. The Bertz CT molecular complexity index is 1330. The average Bonchev–Trinajstić information content (AvgIpc) is 3.15. The summed E-state index contributed by atoms with van der Waals surface area (Å²) in [6.45, 7) is 1.55. The van der Waals surface area contributed by atoms with Gasteiger partial charge in [0.25, 0.3) is 5.69 Å². The zero-order valence-corrected chi connectivity index (χ0v) is 21.7. The van der Waals surface area contributed by atoms with Gasteiger partial charge in [-0.1, -0.05) is 41.4 Å². The zero-order chi connectivity index (χ0) is 24.9. The Balaban J connectivity index is 1.58. The molecular formula is C26H21Cl3N2O3S. The highest BCUT2D eigenvalue weighted by Crippen LogP contribution is 2.58. The first kappa shape index (κ1) is 24.4. The number of rotatable bonds is 5. The van der Waals surface area contributed by atoms with Crippen molar-refractivity contribution < 1.29 is 9.72 Å². The summed E-state index contributed by atoms with van der Waals surface area (Å²) in [5, 5.41) is 16.0. The minimum absolute atomic E-state index is 0.0119. The summed E-state index contributed by atoms with van der Waals surface area (Å²) in [6, 6.07) is 17.8. The Morgan fingerprint density at radius 1 is 1.09 bits per heavy atom. The molecule has 1 heterocycles. The molecular weight excluding hydrogens is 527 g/mol. The third-order valence-electron chi connectivity index (χ3n) is 6.86. The first-order valence-electron chi connectivity index (χ1n) is 11.1. The number of nitrogens with zero attached hydrogens (tertiary/aromatic N) is 1. The molecule has 3 aromatic rings. The summed E-state index contributed by atoms with van der Waals surface area (Å²) in [7, 11) is 0. The van der Waals surface area contributed by atoms with Crippen LogP contribution in [0.2, 0.25) is 10.0 Å². The summed E-state index contributed by atoms with van der Waals surface area (Å²) < 4.78 is 0. The van der Waals surface area contributed by atoms with Crippen LogP contribution in [0.1, 0.15) is 46.8 Å². The number of Topliss-reactive ketones (excluding diaryl/α,β-unsaturated/α-hetero) is 1. The van der Waals surface area contributed by atoms with Gasteiger partial charge in [-0.25, -0.2) is 0 Å². The topological polar surface area (TPSA) is 72.2 Å². The second-order valence-corrected chi connectivity index (χ2v) is 11.5. The zero-order valence-electron chi connectivity index (χ0n) is 18.6. The molecule has 1 aliphatic carbocycles. The lowest BCUT2D eigenvalue weighted by atomic mass is 9.76. The van der Waals surface area contributed by atoms with E-state index in [9.17, 15) is 14.9 Å². The van der Waals surface area contributed by atoms with E-state index < -0.39 is 0 Å². The fourth-order valence-electron chi connectivity index (χ4n) is 5.27. The lowest BCUT2D eigenvalue weighted by Gasteiger charge is -2.39. The molecule has 0 amide bonds. The number of hydrogen-bond acceptors (Lipinski definition) is 5. The van der Waals surface area contributed by atoms with Crippen LogP contribution in [0.25, 0.3) is 0 Å². The molecule has 0 unspecified atom stereocenters. The number of carbonyl (C=O) groups excluding carboxylic acids is 1. The largest absolute Gasteiger partial charge is 0.378 e. The molecule has 3 aromatic carbocycles. The molecule has 180 valence electrons.